The number of rotatable bonds is 3. The number of ether oxygens (including phenoxy) is 1. The fourth-order valence-electron chi connectivity index (χ4n) is 2.23. The van der Waals surface area contributed by atoms with Crippen molar-refractivity contribution in [2.45, 2.75) is 19.6 Å². The Morgan fingerprint density at radius 2 is 1.80 bits per heavy atom. The van der Waals surface area contributed by atoms with E-state index in [9.17, 15) is 15.8 Å². The van der Waals surface area contributed by atoms with Crippen molar-refractivity contribution < 1.29 is 9.57 Å². The van der Waals surface area contributed by atoms with Gasteiger partial charge in [0, 0.05) is 10.0 Å². The van der Waals surface area contributed by atoms with Crippen LogP contribution in [0.4, 0.5) is 0 Å². The molecule has 25 heavy (non-hydrogen) atoms. The largest absolute Gasteiger partial charge is 0.426 e. The number of halogens is 1. The monoisotopic (exact) mass is 397 g/mol. The third-order valence-corrected chi connectivity index (χ3v) is 3.77. The molecule has 0 amide bonds. The van der Waals surface area contributed by atoms with Crippen LogP contribution in [0.15, 0.2) is 56.5 Å². The molecule has 0 fully saturated rings. The maximum absolute atomic E-state index is 9.43. The minimum Gasteiger partial charge on any atom is -0.426 e. The summed E-state index contributed by atoms with van der Waals surface area (Å²) in [6.45, 7) is 3.40. The summed E-state index contributed by atoms with van der Waals surface area (Å²) in [7, 11) is 0. The normalized spacial score (nSPS) is 18.5. The molecule has 2 rings (SSSR count). The lowest BCUT2D eigenvalue weighted by Crippen LogP contribution is -2.32. The van der Waals surface area contributed by atoms with Crippen LogP contribution in [0.25, 0.3) is 0 Å². The van der Waals surface area contributed by atoms with Crippen molar-refractivity contribution >= 4 is 21.6 Å². The smallest absolute Gasteiger partial charge is 0.333 e. The topological polar surface area (TPSA) is 128 Å². The first-order valence-corrected chi connectivity index (χ1v) is 7.78. The molecule has 0 saturated carbocycles. The lowest BCUT2D eigenvalue weighted by molar-refractivity contribution is -0.187. The summed E-state index contributed by atoms with van der Waals surface area (Å²) in [5, 5.41) is 32.0. The molecule has 1 heterocycles. The van der Waals surface area contributed by atoms with Crippen molar-refractivity contribution in [1.82, 2.24) is 0 Å². The van der Waals surface area contributed by atoms with E-state index in [2.05, 4.69) is 21.1 Å². The van der Waals surface area contributed by atoms with Gasteiger partial charge >= 0.3 is 5.79 Å². The summed E-state index contributed by atoms with van der Waals surface area (Å²) in [4.78, 5) is 5.60. The third kappa shape index (κ3) is 3.19. The summed E-state index contributed by atoms with van der Waals surface area (Å²) < 4.78 is 6.45. The highest BCUT2D eigenvalue weighted by Crippen LogP contribution is 2.47. The van der Waals surface area contributed by atoms with Crippen molar-refractivity contribution in [3.8, 4) is 18.2 Å². The zero-order valence-electron chi connectivity index (χ0n) is 13.4. The number of nitrogens with two attached hydrogens (primary N) is 1. The van der Waals surface area contributed by atoms with Gasteiger partial charge in [-0.1, -0.05) is 21.1 Å². The minimum absolute atomic E-state index is 0.0650. The Kier molecular flexibility index (Phi) is 5.12. The zero-order chi connectivity index (χ0) is 18.6. The van der Waals surface area contributed by atoms with Crippen LogP contribution in [-0.4, -0.2) is 5.71 Å². The number of nitriles is 3. The van der Waals surface area contributed by atoms with Crippen LogP contribution < -0.4 is 5.73 Å². The van der Waals surface area contributed by atoms with Crippen LogP contribution >= 0.6 is 15.9 Å². The zero-order valence-corrected chi connectivity index (χ0v) is 15.0. The van der Waals surface area contributed by atoms with Crippen molar-refractivity contribution in [3.63, 3.8) is 0 Å². The molecule has 0 radical (unpaired) electrons. The van der Waals surface area contributed by atoms with E-state index in [4.69, 9.17) is 15.3 Å². The van der Waals surface area contributed by atoms with E-state index >= 15 is 0 Å². The Hall–Kier alpha value is -3.28. The Morgan fingerprint density at radius 1 is 1.20 bits per heavy atom. The quantitative estimate of drug-likeness (QED) is 0.473. The van der Waals surface area contributed by atoms with Crippen molar-refractivity contribution in [2.75, 3.05) is 0 Å². The Balaban J connectivity index is 2.84. The molecule has 1 aromatic rings. The number of nitrogens with zero attached hydrogens (tertiary/aromatic N) is 4. The molecule has 1 atom stereocenters. The van der Waals surface area contributed by atoms with E-state index < -0.39 is 5.79 Å². The summed E-state index contributed by atoms with van der Waals surface area (Å²) in [5.41, 5.74) is 6.27. The fourth-order valence-corrected chi connectivity index (χ4v) is 2.49. The first-order valence-electron chi connectivity index (χ1n) is 6.99. The Labute approximate surface area is 153 Å². The van der Waals surface area contributed by atoms with Gasteiger partial charge < -0.3 is 15.3 Å². The first kappa shape index (κ1) is 18.1. The molecule has 7 nitrogen and oxygen atoms in total. The van der Waals surface area contributed by atoms with E-state index in [1.165, 1.54) is 0 Å². The average Bonchev–Trinajstić information content (AvgIpc) is 2.88. The highest BCUT2D eigenvalue weighted by atomic mass is 79.9. The van der Waals surface area contributed by atoms with Crippen LogP contribution in [0.2, 0.25) is 0 Å². The van der Waals surface area contributed by atoms with Crippen molar-refractivity contribution in [2.24, 2.45) is 10.9 Å². The molecule has 2 N–H and O–H groups in total. The van der Waals surface area contributed by atoms with Gasteiger partial charge in [0.05, 0.1) is 11.3 Å². The molecule has 1 aliphatic rings. The molecule has 0 aliphatic carbocycles. The number of hydrogen-bond acceptors (Lipinski definition) is 7. The van der Waals surface area contributed by atoms with E-state index in [0.717, 1.165) is 4.47 Å². The second kappa shape index (κ2) is 7.09. The number of oxime groups is 1. The van der Waals surface area contributed by atoms with Gasteiger partial charge in [0.2, 0.25) is 5.88 Å². The van der Waals surface area contributed by atoms with E-state index in [-0.39, 0.29) is 22.6 Å². The van der Waals surface area contributed by atoms with Crippen LogP contribution in [0.5, 0.6) is 0 Å². The standard InChI is InChI=1S/C17H12BrN5O2/c1-10(2)23-25-17(12-3-5-13(18)6-4-12)15(11(7-19)8-20)14(9-21)16(22)24-17/h3-6H,22H2,1-2H3. The minimum atomic E-state index is -1.80. The second-order valence-corrected chi connectivity index (χ2v) is 6.10. The SMILES string of the molecule is CC(C)=NOC1(c2ccc(Br)cc2)OC(N)=C(C#N)C1=C(C#N)C#N. The van der Waals surface area contributed by atoms with E-state index in [0.29, 0.717) is 11.3 Å². The molecule has 0 saturated heterocycles. The summed E-state index contributed by atoms with van der Waals surface area (Å²) in [5.74, 6) is -2.04. The summed E-state index contributed by atoms with van der Waals surface area (Å²) in [6.07, 6.45) is 0. The predicted molar refractivity (Wildman–Crippen MR) is 91.9 cm³/mol. The van der Waals surface area contributed by atoms with Gasteiger partial charge in [-0.15, -0.1) is 0 Å². The molecule has 1 unspecified atom stereocenters. The lowest BCUT2D eigenvalue weighted by atomic mass is 9.90. The van der Waals surface area contributed by atoms with E-state index in [1.54, 1.807) is 50.3 Å². The second-order valence-electron chi connectivity index (χ2n) is 5.18. The first-order chi connectivity index (χ1) is 11.9. The third-order valence-electron chi connectivity index (χ3n) is 3.25. The van der Waals surface area contributed by atoms with Gasteiger partial charge in [0.15, 0.2) is 0 Å². The van der Waals surface area contributed by atoms with Gasteiger partial charge in [0.25, 0.3) is 0 Å². The number of hydrogen-bond donors (Lipinski definition) is 1. The molecular formula is C17H12BrN5O2. The van der Waals surface area contributed by atoms with Gasteiger partial charge in [-0.3, -0.25) is 0 Å². The van der Waals surface area contributed by atoms with Crippen molar-refractivity contribution in [1.29, 1.82) is 15.8 Å². The van der Waals surface area contributed by atoms with Crippen LogP contribution in [0.3, 0.4) is 0 Å². The molecule has 124 valence electrons. The highest BCUT2D eigenvalue weighted by molar-refractivity contribution is 9.10. The summed E-state index contributed by atoms with van der Waals surface area (Å²) in [6, 6.07) is 12.2. The Morgan fingerprint density at radius 3 is 2.28 bits per heavy atom. The number of allylic oxidation sites excluding steroid dienone is 1. The average molecular weight is 398 g/mol. The van der Waals surface area contributed by atoms with E-state index in [1.807, 2.05) is 6.07 Å². The molecule has 0 bridgehead atoms. The Bertz CT molecular complexity index is 906. The van der Waals surface area contributed by atoms with Gasteiger partial charge in [-0.25, -0.2) is 0 Å². The molecule has 8 heteroatoms. The fraction of sp³-hybridized carbons (Fsp3) is 0.176. The van der Waals surface area contributed by atoms with Gasteiger partial charge in [-0.05, 0) is 38.1 Å². The van der Waals surface area contributed by atoms with Crippen molar-refractivity contribution in [3.05, 3.63) is 56.9 Å². The lowest BCUT2D eigenvalue weighted by Gasteiger charge is -2.28. The molecule has 0 aromatic heterocycles. The molecule has 1 aromatic carbocycles. The number of benzene rings is 1. The van der Waals surface area contributed by atoms with Crippen LogP contribution in [0, 0.1) is 34.0 Å². The predicted octanol–water partition coefficient (Wildman–Crippen LogP) is 3.08. The van der Waals surface area contributed by atoms with Gasteiger partial charge in [-0.2, -0.15) is 15.8 Å². The van der Waals surface area contributed by atoms with Crippen LogP contribution in [-0.2, 0) is 15.4 Å². The summed E-state index contributed by atoms with van der Waals surface area (Å²) >= 11 is 3.33. The van der Waals surface area contributed by atoms with Gasteiger partial charge in [0.1, 0.15) is 29.4 Å². The molecular weight excluding hydrogens is 386 g/mol. The maximum atomic E-state index is 9.43. The highest BCUT2D eigenvalue weighted by Gasteiger charge is 2.52. The van der Waals surface area contributed by atoms with Crippen LogP contribution in [0.1, 0.15) is 19.4 Å². The maximum Gasteiger partial charge on any atom is 0.333 e. The molecule has 1 aliphatic heterocycles. The molecule has 0 spiro atoms.